The number of pyridine rings is 1. The van der Waals surface area contributed by atoms with Crippen LogP contribution in [0.5, 0.6) is 0 Å². The monoisotopic (exact) mass is 319 g/mol. The van der Waals surface area contributed by atoms with E-state index in [2.05, 4.69) is 31.5 Å². The highest BCUT2D eigenvalue weighted by atomic mass is 79.9. The zero-order valence-corrected chi connectivity index (χ0v) is 11.9. The number of nitrogens with zero attached hydrogens (tertiary/aromatic N) is 1. The van der Waals surface area contributed by atoms with Crippen LogP contribution >= 0.6 is 15.9 Å². The lowest BCUT2D eigenvalue weighted by molar-refractivity contribution is -0.115. The summed E-state index contributed by atoms with van der Waals surface area (Å²) in [5, 5.41) is 5.91. The van der Waals surface area contributed by atoms with Gasteiger partial charge in [0.15, 0.2) is 0 Å². The van der Waals surface area contributed by atoms with Crippen LogP contribution in [0, 0.1) is 0 Å². The van der Waals surface area contributed by atoms with Crippen LogP contribution in [0.25, 0.3) is 0 Å². The fourth-order valence-corrected chi connectivity index (χ4v) is 1.96. The SMILES string of the molecule is O=C(CNCc1cccnc1)Nc1ccccc1Br. The number of anilines is 1. The Bertz CT molecular complexity index is 545. The van der Waals surface area contributed by atoms with Gasteiger partial charge in [-0.05, 0) is 39.7 Å². The summed E-state index contributed by atoms with van der Waals surface area (Å²) in [5.74, 6) is -0.0733. The van der Waals surface area contributed by atoms with Crippen molar-refractivity contribution in [2.75, 3.05) is 11.9 Å². The van der Waals surface area contributed by atoms with Crippen LogP contribution in [0.3, 0.4) is 0 Å². The number of amides is 1. The van der Waals surface area contributed by atoms with Crippen molar-refractivity contribution in [1.82, 2.24) is 10.3 Å². The molecule has 0 fully saturated rings. The summed E-state index contributed by atoms with van der Waals surface area (Å²) < 4.78 is 0.871. The highest BCUT2D eigenvalue weighted by Gasteiger charge is 2.04. The van der Waals surface area contributed by atoms with Gasteiger partial charge in [-0.25, -0.2) is 0 Å². The molecule has 0 saturated heterocycles. The van der Waals surface area contributed by atoms with Gasteiger partial charge in [-0.2, -0.15) is 0 Å². The van der Waals surface area contributed by atoms with Crippen molar-refractivity contribution in [3.8, 4) is 0 Å². The minimum absolute atomic E-state index is 0.0733. The molecule has 2 aromatic rings. The normalized spacial score (nSPS) is 10.2. The summed E-state index contributed by atoms with van der Waals surface area (Å²) in [7, 11) is 0. The van der Waals surface area contributed by atoms with E-state index in [4.69, 9.17) is 0 Å². The minimum Gasteiger partial charge on any atom is -0.324 e. The van der Waals surface area contributed by atoms with Gasteiger partial charge in [0.05, 0.1) is 12.2 Å². The van der Waals surface area contributed by atoms with Crippen LogP contribution in [-0.2, 0) is 11.3 Å². The third kappa shape index (κ3) is 4.46. The fourth-order valence-electron chi connectivity index (χ4n) is 1.58. The molecule has 4 nitrogen and oxygen atoms in total. The van der Waals surface area contributed by atoms with Crippen molar-refractivity contribution in [3.05, 3.63) is 58.8 Å². The number of para-hydroxylation sites is 1. The van der Waals surface area contributed by atoms with Crippen LogP contribution in [0.15, 0.2) is 53.3 Å². The van der Waals surface area contributed by atoms with Gasteiger partial charge in [0, 0.05) is 23.4 Å². The summed E-state index contributed by atoms with van der Waals surface area (Å²) >= 11 is 3.39. The first-order valence-electron chi connectivity index (χ1n) is 5.90. The molecule has 0 aliphatic carbocycles. The number of hydrogen-bond donors (Lipinski definition) is 2. The Morgan fingerprint density at radius 1 is 1.21 bits per heavy atom. The highest BCUT2D eigenvalue weighted by molar-refractivity contribution is 9.10. The molecule has 1 amide bonds. The molecule has 0 aliphatic heterocycles. The predicted octanol–water partition coefficient (Wildman–Crippen LogP) is 2.57. The maximum Gasteiger partial charge on any atom is 0.238 e. The molecule has 98 valence electrons. The number of carbonyl (C=O) groups excluding carboxylic acids is 1. The van der Waals surface area contributed by atoms with E-state index < -0.39 is 0 Å². The van der Waals surface area contributed by atoms with Crippen molar-refractivity contribution >= 4 is 27.5 Å². The third-order valence-corrected chi connectivity index (χ3v) is 3.18. The Kier molecular flexibility index (Phi) is 5.06. The van der Waals surface area contributed by atoms with E-state index in [1.54, 1.807) is 12.4 Å². The highest BCUT2D eigenvalue weighted by Crippen LogP contribution is 2.20. The summed E-state index contributed by atoms with van der Waals surface area (Å²) in [6.07, 6.45) is 3.50. The minimum atomic E-state index is -0.0733. The average Bonchev–Trinajstić information content (AvgIpc) is 2.43. The molecule has 1 aromatic heterocycles. The Balaban J connectivity index is 1.78. The maximum atomic E-state index is 11.7. The molecule has 1 heterocycles. The Morgan fingerprint density at radius 2 is 2.05 bits per heavy atom. The topological polar surface area (TPSA) is 54.0 Å². The van der Waals surface area contributed by atoms with Gasteiger partial charge in [0.25, 0.3) is 0 Å². The van der Waals surface area contributed by atoms with Gasteiger partial charge in [-0.1, -0.05) is 18.2 Å². The molecule has 5 heteroatoms. The van der Waals surface area contributed by atoms with Crippen molar-refractivity contribution in [2.24, 2.45) is 0 Å². The molecule has 0 bridgehead atoms. The van der Waals surface area contributed by atoms with E-state index in [1.165, 1.54) is 0 Å². The first-order valence-corrected chi connectivity index (χ1v) is 6.69. The summed E-state index contributed by atoms with van der Waals surface area (Å²) in [5.41, 5.74) is 1.83. The summed E-state index contributed by atoms with van der Waals surface area (Å²) in [6.45, 7) is 0.882. The average molecular weight is 320 g/mol. The molecule has 0 atom stereocenters. The van der Waals surface area contributed by atoms with Gasteiger partial charge in [-0.3, -0.25) is 9.78 Å². The zero-order chi connectivity index (χ0) is 13.5. The maximum absolute atomic E-state index is 11.7. The zero-order valence-electron chi connectivity index (χ0n) is 10.3. The quantitative estimate of drug-likeness (QED) is 0.890. The Labute approximate surface area is 120 Å². The smallest absolute Gasteiger partial charge is 0.238 e. The van der Waals surface area contributed by atoms with Crippen molar-refractivity contribution < 1.29 is 4.79 Å². The first-order chi connectivity index (χ1) is 9.25. The van der Waals surface area contributed by atoms with Crippen molar-refractivity contribution in [1.29, 1.82) is 0 Å². The molecule has 0 aliphatic rings. The number of halogens is 1. The molecule has 0 radical (unpaired) electrons. The molecule has 2 rings (SSSR count). The number of rotatable bonds is 5. The number of aromatic nitrogens is 1. The summed E-state index contributed by atoms with van der Waals surface area (Å²) in [6, 6.07) is 11.4. The predicted molar refractivity (Wildman–Crippen MR) is 78.7 cm³/mol. The van der Waals surface area contributed by atoms with Gasteiger partial charge in [0.1, 0.15) is 0 Å². The number of carbonyl (C=O) groups is 1. The molecule has 2 N–H and O–H groups in total. The van der Waals surface area contributed by atoms with Crippen LogP contribution < -0.4 is 10.6 Å². The largest absolute Gasteiger partial charge is 0.324 e. The Hall–Kier alpha value is -1.72. The van der Waals surface area contributed by atoms with Crippen LogP contribution in [0.4, 0.5) is 5.69 Å². The Morgan fingerprint density at radius 3 is 2.79 bits per heavy atom. The van der Waals surface area contributed by atoms with Crippen LogP contribution in [-0.4, -0.2) is 17.4 Å². The van der Waals surface area contributed by atoms with Crippen molar-refractivity contribution in [3.63, 3.8) is 0 Å². The second-order valence-corrected chi connectivity index (χ2v) is 4.85. The van der Waals surface area contributed by atoms with E-state index in [0.717, 1.165) is 15.7 Å². The number of hydrogen-bond acceptors (Lipinski definition) is 3. The molecular weight excluding hydrogens is 306 g/mol. The molecular formula is C14H14BrN3O. The first kappa shape index (κ1) is 13.7. The molecule has 0 unspecified atom stereocenters. The van der Waals surface area contributed by atoms with E-state index in [-0.39, 0.29) is 12.5 Å². The lowest BCUT2D eigenvalue weighted by Gasteiger charge is -2.08. The van der Waals surface area contributed by atoms with E-state index in [0.29, 0.717) is 6.54 Å². The second-order valence-electron chi connectivity index (χ2n) is 3.99. The number of benzene rings is 1. The van der Waals surface area contributed by atoms with E-state index in [1.807, 2.05) is 36.4 Å². The number of nitrogens with one attached hydrogen (secondary N) is 2. The van der Waals surface area contributed by atoms with Crippen molar-refractivity contribution in [2.45, 2.75) is 6.54 Å². The summed E-state index contributed by atoms with van der Waals surface area (Å²) in [4.78, 5) is 15.8. The van der Waals surface area contributed by atoms with Crippen LogP contribution in [0.1, 0.15) is 5.56 Å². The molecule has 0 saturated carbocycles. The van der Waals surface area contributed by atoms with E-state index in [9.17, 15) is 4.79 Å². The lowest BCUT2D eigenvalue weighted by atomic mass is 10.3. The second kappa shape index (κ2) is 7.01. The van der Waals surface area contributed by atoms with Crippen LogP contribution in [0.2, 0.25) is 0 Å². The third-order valence-electron chi connectivity index (χ3n) is 2.49. The molecule has 1 aromatic carbocycles. The van der Waals surface area contributed by atoms with Gasteiger partial charge in [0.2, 0.25) is 5.91 Å². The lowest BCUT2D eigenvalue weighted by Crippen LogP contribution is -2.27. The fraction of sp³-hybridized carbons (Fsp3) is 0.143. The molecule has 19 heavy (non-hydrogen) atoms. The molecule has 0 spiro atoms. The standard InChI is InChI=1S/C14H14BrN3O/c15-12-5-1-2-6-13(12)18-14(19)10-17-9-11-4-3-7-16-8-11/h1-8,17H,9-10H2,(H,18,19). The van der Waals surface area contributed by atoms with Gasteiger partial charge in [-0.15, -0.1) is 0 Å². The van der Waals surface area contributed by atoms with Gasteiger partial charge >= 0.3 is 0 Å². The van der Waals surface area contributed by atoms with E-state index >= 15 is 0 Å². The van der Waals surface area contributed by atoms with Gasteiger partial charge < -0.3 is 10.6 Å².